The highest BCUT2D eigenvalue weighted by molar-refractivity contribution is 9.10. The minimum absolute atomic E-state index is 0.0231. The van der Waals surface area contributed by atoms with Crippen LogP contribution in [0.3, 0.4) is 0 Å². The first-order valence-electron chi connectivity index (χ1n) is 4.35. The van der Waals surface area contributed by atoms with E-state index in [1.165, 1.54) is 0 Å². The number of benzene rings is 1. The van der Waals surface area contributed by atoms with Crippen LogP contribution in [0.4, 0.5) is 4.39 Å². The molecular formula is C10H12BrFO2. The van der Waals surface area contributed by atoms with Gasteiger partial charge in [0.2, 0.25) is 0 Å². The zero-order chi connectivity index (χ0) is 10.7. The Hall–Kier alpha value is -0.610. The SMILES string of the molecule is Cc1cc(CCCO)c(F)c(O)c1Br. The molecule has 0 aromatic heterocycles. The average molecular weight is 263 g/mol. The Morgan fingerprint density at radius 3 is 2.71 bits per heavy atom. The lowest BCUT2D eigenvalue weighted by Crippen LogP contribution is -1.96. The lowest BCUT2D eigenvalue weighted by molar-refractivity contribution is 0.287. The molecule has 2 nitrogen and oxygen atoms in total. The molecule has 0 unspecified atom stereocenters. The standard InChI is InChI=1S/C10H12BrFO2/c1-6-5-7(3-2-4-13)9(12)10(14)8(6)11/h5,13-14H,2-4H2,1H3. The normalized spacial score (nSPS) is 10.6. The van der Waals surface area contributed by atoms with Gasteiger partial charge in [0.25, 0.3) is 0 Å². The van der Waals surface area contributed by atoms with E-state index in [1.807, 2.05) is 0 Å². The van der Waals surface area contributed by atoms with E-state index in [-0.39, 0.29) is 12.4 Å². The third kappa shape index (κ3) is 2.25. The molecule has 0 atom stereocenters. The molecule has 4 heteroatoms. The number of rotatable bonds is 3. The Morgan fingerprint density at radius 1 is 1.50 bits per heavy atom. The van der Waals surface area contributed by atoms with E-state index >= 15 is 0 Å². The second kappa shape index (κ2) is 4.75. The van der Waals surface area contributed by atoms with Crippen molar-refractivity contribution in [2.75, 3.05) is 6.61 Å². The monoisotopic (exact) mass is 262 g/mol. The molecule has 0 spiro atoms. The summed E-state index contributed by atoms with van der Waals surface area (Å²) in [5.41, 5.74) is 1.23. The molecule has 0 saturated heterocycles. The fourth-order valence-corrected chi connectivity index (χ4v) is 1.56. The first-order chi connectivity index (χ1) is 6.57. The average Bonchev–Trinajstić information content (AvgIpc) is 2.18. The minimum atomic E-state index is -0.601. The quantitative estimate of drug-likeness (QED) is 0.879. The van der Waals surface area contributed by atoms with Crippen molar-refractivity contribution in [2.24, 2.45) is 0 Å². The van der Waals surface area contributed by atoms with Crippen molar-refractivity contribution in [1.82, 2.24) is 0 Å². The third-order valence-corrected chi connectivity index (χ3v) is 3.04. The van der Waals surface area contributed by atoms with Crippen molar-refractivity contribution in [3.63, 3.8) is 0 Å². The smallest absolute Gasteiger partial charge is 0.169 e. The minimum Gasteiger partial charge on any atom is -0.504 e. The zero-order valence-electron chi connectivity index (χ0n) is 7.85. The summed E-state index contributed by atoms with van der Waals surface area (Å²) in [6, 6.07) is 1.68. The number of hydrogen-bond donors (Lipinski definition) is 2. The number of aliphatic hydroxyl groups excluding tert-OH is 1. The van der Waals surface area contributed by atoms with Crippen molar-refractivity contribution in [1.29, 1.82) is 0 Å². The number of aliphatic hydroxyl groups is 1. The van der Waals surface area contributed by atoms with Crippen LogP contribution in [0.2, 0.25) is 0 Å². The number of phenols is 1. The molecule has 2 N–H and O–H groups in total. The van der Waals surface area contributed by atoms with Crippen molar-refractivity contribution >= 4 is 15.9 Å². The fourth-order valence-electron chi connectivity index (χ4n) is 1.27. The number of phenolic OH excluding ortho intramolecular Hbond substituents is 1. The van der Waals surface area contributed by atoms with Crippen molar-refractivity contribution in [3.05, 3.63) is 27.5 Å². The van der Waals surface area contributed by atoms with Crippen LogP contribution in [-0.2, 0) is 6.42 Å². The summed E-state index contributed by atoms with van der Waals surface area (Å²) < 4.78 is 13.8. The fraction of sp³-hybridized carbons (Fsp3) is 0.400. The van der Waals surface area contributed by atoms with Crippen LogP contribution in [0.5, 0.6) is 5.75 Å². The maximum absolute atomic E-state index is 13.4. The maximum Gasteiger partial charge on any atom is 0.169 e. The molecule has 1 aromatic carbocycles. The van der Waals surface area contributed by atoms with Gasteiger partial charge in [-0.05, 0) is 46.8 Å². The molecule has 0 radical (unpaired) electrons. The van der Waals surface area contributed by atoms with Gasteiger partial charge in [-0.2, -0.15) is 0 Å². The molecule has 0 bridgehead atoms. The van der Waals surface area contributed by atoms with Crippen LogP contribution in [0.25, 0.3) is 0 Å². The van der Waals surface area contributed by atoms with Gasteiger partial charge in [0.05, 0.1) is 4.47 Å². The second-order valence-corrected chi connectivity index (χ2v) is 3.95. The summed E-state index contributed by atoms with van der Waals surface area (Å²) in [6.07, 6.45) is 0.932. The van der Waals surface area contributed by atoms with Crippen LogP contribution in [0.1, 0.15) is 17.5 Å². The van der Waals surface area contributed by atoms with Crippen LogP contribution < -0.4 is 0 Å². The van der Waals surface area contributed by atoms with E-state index in [4.69, 9.17) is 5.11 Å². The van der Waals surface area contributed by atoms with E-state index in [0.29, 0.717) is 22.9 Å². The molecule has 0 saturated carbocycles. The zero-order valence-corrected chi connectivity index (χ0v) is 9.44. The van der Waals surface area contributed by atoms with Gasteiger partial charge in [0, 0.05) is 6.61 Å². The molecule has 0 fully saturated rings. The molecule has 0 aliphatic carbocycles. The second-order valence-electron chi connectivity index (χ2n) is 3.16. The molecule has 1 aromatic rings. The van der Waals surface area contributed by atoms with Gasteiger partial charge in [0.15, 0.2) is 11.6 Å². The molecule has 0 heterocycles. The van der Waals surface area contributed by atoms with Crippen molar-refractivity contribution in [3.8, 4) is 5.75 Å². The number of hydrogen-bond acceptors (Lipinski definition) is 2. The Morgan fingerprint density at radius 2 is 2.14 bits per heavy atom. The van der Waals surface area contributed by atoms with Crippen LogP contribution >= 0.6 is 15.9 Å². The maximum atomic E-state index is 13.4. The first-order valence-corrected chi connectivity index (χ1v) is 5.14. The summed E-state index contributed by atoms with van der Waals surface area (Å²) in [7, 11) is 0. The van der Waals surface area contributed by atoms with Gasteiger partial charge < -0.3 is 10.2 Å². The highest BCUT2D eigenvalue weighted by Gasteiger charge is 2.13. The molecule has 0 amide bonds. The van der Waals surface area contributed by atoms with Gasteiger partial charge in [0.1, 0.15) is 0 Å². The van der Waals surface area contributed by atoms with Gasteiger partial charge in [-0.3, -0.25) is 0 Å². The van der Waals surface area contributed by atoms with Gasteiger partial charge in [-0.25, -0.2) is 4.39 Å². The van der Waals surface area contributed by atoms with Crippen LogP contribution in [-0.4, -0.2) is 16.8 Å². The summed E-state index contributed by atoms with van der Waals surface area (Å²) in [5.74, 6) is -0.950. The van der Waals surface area contributed by atoms with Gasteiger partial charge in [-0.1, -0.05) is 6.07 Å². The largest absolute Gasteiger partial charge is 0.504 e. The predicted octanol–water partition coefficient (Wildman–Crippen LogP) is 2.53. The van der Waals surface area contributed by atoms with E-state index in [9.17, 15) is 9.50 Å². The van der Waals surface area contributed by atoms with E-state index < -0.39 is 5.82 Å². The first kappa shape index (κ1) is 11.5. The van der Waals surface area contributed by atoms with E-state index in [1.54, 1.807) is 13.0 Å². The predicted molar refractivity (Wildman–Crippen MR) is 55.9 cm³/mol. The molecule has 1 rings (SSSR count). The van der Waals surface area contributed by atoms with Crippen molar-refractivity contribution < 1.29 is 14.6 Å². The van der Waals surface area contributed by atoms with Crippen molar-refractivity contribution in [2.45, 2.75) is 19.8 Å². The summed E-state index contributed by atoms with van der Waals surface area (Å²) in [6.45, 7) is 1.81. The Balaban J connectivity index is 3.06. The molecule has 0 aliphatic heterocycles. The number of aromatic hydroxyl groups is 1. The molecule has 14 heavy (non-hydrogen) atoms. The Kier molecular flexibility index (Phi) is 3.89. The van der Waals surface area contributed by atoms with Gasteiger partial charge >= 0.3 is 0 Å². The number of aryl methyl sites for hydroxylation is 2. The van der Waals surface area contributed by atoms with E-state index in [0.717, 1.165) is 5.56 Å². The Labute approximate surface area is 90.5 Å². The lowest BCUT2D eigenvalue weighted by atomic mass is 10.1. The van der Waals surface area contributed by atoms with Crippen LogP contribution in [0, 0.1) is 12.7 Å². The summed E-state index contributed by atoms with van der Waals surface area (Å²) in [4.78, 5) is 0. The molecular weight excluding hydrogens is 251 g/mol. The molecule has 78 valence electrons. The highest BCUT2D eigenvalue weighted by Crippen LogP contribution is 2.32. The summed E-state index contributed by atoms with van der Waals surface area (Å²) >= 11 is 3.09. The third-order valence-electron chi connectivity index (χ3n) is 2.04. The highest BCUT2D eigenvalue weighted by atomic mass is 79.9. The lowest BCUT2D eigenvalue weighted by Gasteiger charge is -2.08. The Bertz CT molecular complexity index is 339. The van der Waals surface area contributed by atoms with Crippen LogP contribution in [0.15, 0.2) is 10.5 Å². The number of halogens is 2. The van der Waals surface area contributed by atoms with Gasteiger partial charge in [-0.15, -0.1) is 0 Å². The summed E-state index contributed by atoms with van der Waals surface area (Å²) in [5, 5.41) is 18.0. The topological polar surface area (TPSA) is 40.5 Å². The van der Waals surface area contributed by atoms with E-state index in [2.05, 4.69) is 15.9 Å². The molecule has 0 aliphatic rings.